The maximum absolute atomic E-state index is 4.88. The molecule has 0 N–H and O–H groups in total. The second-order valence-corrected chi connectivity index (χ2v) is 8.77. The van der Waals surface area contributed by atoms with Gasteiger partial charge in [0.05, 0.1) is 11.2 Å². The summed E-state index contributed by atoms with van der Waals surface area (Å²) < 4.78 is 0. The van der Waals surface area contributed by atoms with Crippen LogP contribution in [-0.4, -0.2) is 9.97 Å². The van der Waals surface area contributed by atoms with Gasteiger partial charge in [-0.3, -0.25) is 9.97 Å². The molecule has 0 spiro atoms. The zero-order valence-electron chi connectivity index (χ0n) is 19.5. The Morgan fingerprint density at radius 3 is 1.94 bits per heavy atom. The first-order valence-electron chi connectivity index (χ1n) is 11.8. The predicted molar refractivity (Wildman–Crippen MR) is 146 cm³/mol. The van der Waals surface area contributed by atoms with Gasteiger partial charge < -0.3 is 0 Å². The molecule has 2 heteroatoms. The second-order valence-electron chi connectivity index (χ2n) is 8.77. The maximum atomic E-state index is 4.88. The largest absolute Gasteiger partial charge is 0.256 e. The molecule has 0 unspecified atom stereocenters. The Morgan fingerprint density at radius 1 is 0.457 bits per heavy atom. The Labute approximate surface area is 205 Å². The molecule has 0 aliphatic rings. The zero-order valence-corrected chi connectivity index (χ0v) is 19.5. The van der Waals surface area contributed by atoms with Gasteiger partial charge >= 0.3 is 0 Å². The molecule has 0 aliphatic carbocycles. The van der Waals surface area contributed by atoms with Crippen LogP contribution in [0.2, 0.25) is 0 Å². The first kappa shape index (κ1) is 21.0. The molecule has 0 saturated heterocycles. The van der Waals surface area contributed by atoms with E-state index in [0.29, 0.717) is 0 Å². The molecule has 2 aromatic heterocycles. The fourth-order valence-electron chi connectivity index (χ4n) is 4.70. The summed E-state index contributed by atoms with van der Waals surface area (Å²) in [4.78, 5) is 9.48. The summed E-state index contributed by atoms with van der Waals surface area (Å²) in [5.74, 6) is 0. The van der Waals surface area contributed by atoms with Crippen LogP contribution in [-0.2, 0) is 0 Å². The minimum Gasteiger partial charge on any atom is -0.256 e. The van der Waals surface area contributed by atoms with Gasteiger partial charge in [0, 0.05) is 28.9 Å². The van der Waals surface area contributed by atoms with Gasteiger partial charge in [0.25, 0.3) is 0 Å². The van der Waals surface area contributed by atoms with Crippen LogP contribution >= 0.6 is 0 Å². The zero-order chi connectivity index (χ0) is 23.6. The Hall–Kier alpha value is -4.56. The van der Waals surface area contributed by atoms with Crippen LogP contribution in [0.3, 0.4) is 0 Å². The number of aryl methyl sites for hydroxylation is 1. The Morgan fingerprint density at radius 2 is 1.14 bits per heavy atom. The molecule has 166 valence electrons. The molecule has 0 radical (unpaired) electrons. The van der Waals surface area contributed by atoms with E-state index in [1.54, 1.807) is 0 Å². The monoisotopic (exact) mass is 448 g/mol. The van der Waals surface area contributed by atoms with Gasteiger partial charge in [-0.1, -0.05) is 96.6 Å². The first-order chi connectivity index (χ1) is 17.3. The lowest BCUT2D eigenvalue weighted by atomic mass is 9.89. The van der Waals surface area contributed by atoms with Crippen LogP contribution in [0.4, 0.5) is 0 Å². The molecule has 2 heterocycles. The van der Waals surface area contributed by atoms with E-state index in [0.717, 1.165) is 33.3 Å². The first-order valence-corrected chi connectivity index (χ1v) is 11.8. The lowest BCUT2D eigenvalue weighted by Gasteiger charge is -2.16. The molecule has 2 nitrogen and oxygen atoms in total. The Kier molecular flexibility index (Phi) is 5.40. The van der Waals surface area contributed by atoms with Gasteiger partial charge in [-0.2, -0.15) is 0 Å². The van der Waals surface area contributed by atoms with E-state index in [2.05, 4.69) is 109 Å². The van der Waals surface area contributed by atoms with Crippen LogP contribution in [0.1, 0.15) is 5.56 Å². The number of fused-ring (bicyclic) bond motifs is 1. The Bertz CT molecular complexity index is 1620. The third-order valence-electron chi connectivity index (χ3n) is 6.49. The number of aromatic nitrogens is 2. The van der Waals surface area contributed by atoms with Gasteiger partial charge in [0.2, 0.25) is 0 Å². The minimum absolute atomic E-state index is 0.960. The standard InChI is InChI=1S/C33H24N2/c1-23-12-14-25(15-13-23)27-18-19-30(33-29(27)10-7-21-35-33)31-22-26(32-11-5-6-20-34-32)16-17-28(31)24-8-3-2-4-9-24/h2-22H,1H3. The maximum Gasteiger partial charge on any atom is 0.0786 e. The fourth-order valence-corrected chi connectivity index (χ4v) is 4.70. The molecule has 0 amide bonds. The topological polar surface area (TPSA) is 25.8 Å². The summed E-state index contributed by atoms with van der Waals surface area (Å²) >= 11 is 0. The van der Waals surface area contributed by atoms with Gasteiger partial charge in [-0.25, -0.2) is 0 Å². The van der Waals surface area contributed by atoms with Crippen molar-refractivity contribution in [3.8, 4) is 44.6 Å². The average molecular weight is 449 g/mol. The van der Waals surface area contributed by atoms with E-state index >= 15 is 0 Å². The van der Waals surface area contributed by atoms with Crippen LogP contribution < -0.4 is 0 Å². The van der Waals surface area contributed by atoms with Crippen LogP contribution in [0.5, 0.6) is 0 Å². The normalized spacial score (nSPS) is 11.0. The predicted octanol–water partition coefficient (Wildman–Crippen LogP) is 8.61. The minimum atomic E-state index is 0.960. The molecule has 6 aromatic rings. The van der Waals surface area contributed by atoms with E-state index in [1.165, 1.54) is 27.8 Å². The molecule has 6 rings (SSSR count). The van der Waals surface area contributed by atoms with E-state index < -0.39 is 0 Å². The fraction of sp³-hybridized carbons (Fsp3) is 0.0303. The van der Waals surface area contributed by atoms with Crippen molar-refractivity contribution in [3.05, 3.63) is 133 Å². The van der Waals surface area contributed by atoms with Crippen molar-refractivity contribution in [2.45, 2.75) is 6.92 Å². The number of hydrogen-bond acceptors (Lipinski definition) is 2. The summed E-state index contributed by atoms with van der Waals surface area (Å²) in [6.07, 6.45) is 3.73. The van der Waals surface area contributed by atoms with Crippen LogP contribution in [0, 0.1) is 6.92 Å². The number of benzene rings is 4. The van der Waals surface area contributed by atoms with Gasteiger partial charge in [-0.05, 0) is 59.0 Å². The van der Waals surface area contributed by atoms with E-state index in [1.807, 2.05) is 30.6 Å². The lowest BCUT2D eigenvalue weighted by Crippen LogP contribution is -1.92. The van der Waals surface area contributed by atoms with Crippen molar-refractivity contribution in [1.82, 2.24) is 9.97 Å². The van der Waals surface area contributed by atoms with Gasteiger partial charge in [-0.15, -0.1) is 0 Å². The van der Waals surface area contributed by atoms with E-state index in [9.17, 15) is 0 Å². The molecule has 0 aliphatic heterocycles. The van der Waals surface area contributed by atoms with E-state index in [-0.39, 0.29) is 0 Å². The molecule has 4 aromatic carbocycles. The average Bonchev–Trinajstić information content (AvgIpc) is 2.94. The molecule has 0 saturated carbocycles. The molecular weight excluding hydrogens is 424 g/mol. The van der Waals surface area contributed by atoms with Crippen LogP contribution in [0.25, 0.3) is 55.5 Å². The van der Waals surface area contributed by atoms with Gasteiger partial charge in [0.1, 0.15) is 0 Å². The highest BCUT2D eigenvalue weighted by atomic mass is 14.7. The van der Waals surface area contributed by atoms with E-state index in [4.69, 9.17) is 4.98 Å². The molecular formula is C33H24N2. The van der Waals surface area contributed by atoms with Crippen molar-refractivity contribution in [3.63, 3.8) is 0 Å². The smallest absolute Gasteiger partial charge is 0.0786 e. The second kappa shape index (κ2) is 9.00. The molecule has 0 atom stereocenters. The molecule has 35 heavy (non-hydrogen) atoms. The summed E-state index contributed by atoms with van der Waals surface area (Å²) in [6, 6.07) is 40.5. The number of hydrogen-bond donors (Lipinski definition) is 0. The molecule has 0 fully saturated rings. The van der Waals surface area contributed by atoms with Crippen LogP contribution in [0.15, 0.2) is 128 Å². The third-order valence-corrected chi connectivity index (χ3v) is 6.49. The number of nitrogens with zero attached hydrogens (tertiary/aromatic N) is 2. The quantitative estimate of drug-likeness (QED) is 0.270. The summed E-state index contributed by atoms with van der Waals surface area (Å²) in [5, 5.41) is 1.15. The number of rotatable bonds is 4. The van der Waals surface area contributed by atoms with Crippen molar-refractivity contribution in [2.75, 3.05) is 0 Å². The highest BCUT2D eigenvalue weighted by Crippen LogP contribution is 2.40. The van der Waals surface area contributed by atoms with Crippen molar-refractivity contribution >= 4 is 10.9 Å². The third kappa shape index (κ3) is 4.00. The van der Waals surface area contributed by atoms with Crippen molar-refractivity contribution in [2.24, 2.45) is 0 Å². The number of pyridine rings is 2. The van der Waals surface area contributed by atoms with Gasteiger partial charge in [0.15, 0.2) is 0 Å². The Balaban J connectivity index is 1.61. The summed E-state index contributed by atoms with van der Waals surface area (Å²) in [6.45, 7) is 2.12. The summed E-state index contributed by atoms with van der Waals surface area (Å²) in [7, 11) is 0. The SMILES string of the molecule is Cc1ccc(-c2ccc(-c3cc(-c4ccccn4)ccc3-c3ccccc3)c3ncccc23)cc1. The summed E-state index contributed by atoms with van der Waals surface area (Å²) in [5.41, 5.74) is 11.3. The molecule has 0 bridgehead atoms. The highest BCUT2D eigenvalue weighted by Gasteiger charge is 2.15. The van der Waals surface area contributed by atoms with Crippen molar-refractivity contribution < 1.29 is 0 Å². The highest BCUT2D eigenvalue weighted by molar-refractivity contribution is 6.05. The lowest BCUT2D eigenvalue weighted by molar-refractivity contribution is 1.33. The van der Waals surface area contributed by atoms with Crippen molar-refractivity contribution in [1.29, 1.82) is 0 Å².